The summed E-state index contributed by atoms with van der Waals surface area (Å²) >= 11 is 0. The van der Waals surface area contributed by atoms with Crippen LogP contribution in [0, 0.1) is 11.3 Å². The zero-order valence-electron chi connectivity index (χ0n) is 10.7. The average molecular weight is 255 g/mol. The topological polar surface area (TPSA) is 79.7 Å². The fraction of sp³-hybridized carbons (Fsp3) is 0.286. The summed E-state index contributed by atoms with van der Waals surface area (Å²) in [6, 6.07) is 7.38. The molecule has 5 nitrogen and oxygen atoms in total. The van der Waals surface area contributed by atoms with Crippen LogP contribution < -0.4 is 11.1 Å². The minimum absolute atomic E-state index is 0.586. The summed E-state index contributed by atoms with van der Waals surface area (Å²) < 4.78 is 2.07. The summed E-state index contributed by atoms with van der Waals surface area (Å²) in [5, 5.41) is 12.0. The van der Waals surface area contributed by atoms with Gasteiger partial charge in [0.1, 0.15) is 0 Å². The van der Waals surface area contributed by atoms with Crippen LogP contribution in [0.25, 0.3) is 0 Å². The van der Waals surface area contributed by atoms with Crippen LogP contribution in [0.2, 0.25) is 0 Å². The van der Waals surface area contributed by atoms with Crippen molar-refractivity contribution in [1.29, 1.82) is 5.26 Å². The van der Waals surface area contributed by atoms with Crippen LogP contribution in [0.1, 0.15) is 18.4 Å². The number of nitrogens with two attached hydrogens (primary N) is 1. The van der Waals surface area contributed by atoms with Crippen LogP contribution in [-0.4, -0.2) is 16.1 Å². The summed E-state index contributed by atoms with van der Waals surface area (Å²) in [4.78, 5) is 4.00. The van der Waals surface area contributed by atoms with Crippen molar-refractivity contribution in [2.75, 3.05) is 17.6 Å². The van der Waals surface area contributed by atoms with Crippen molar-refractivity contribution in [2.45, 2.75) is 19.4 Å². The second-order valence-corrected chi connectivity index (χ2v) is 4.35. The predicted octanol–water partition coefficient (Wildman–Crippen LogP) is 2.23. The number of anilines is 2. The van der Waals surface area contributed by atoms with Gasteiger partial charge in [0.2, 0.25) is 0 Å². The first-order valence-corrected chi connectivity index (χ1v) is 6.29. The van der Waals surface area contributed by atoms with Crippen molar-refractivity contribution in [3.63, 3.8) is 0 Å². The molecule has 0 aliphatic carbocycles. The Morgan fingerprint density at radius 1 is 1.37 bits per heavy atom. The van der Waals surface area contributed by atoms with Gasteiger partial charge < -0.3 is 15.6 Å². The summed E-state index contributed by atoms with van der Waals surface area (Å²) in [6.07, 6.45) is 7.71. The maximum atomic E-state index is 8.76. The van der Waals surface area contributed by atoms with Crippen LogP contribution in [0.5, 0.6) is 0 Å². The molecule has 0 atom stereocenters. The lowest BCUT2D eigenvalue weighted by atomic mass is 10.2. The minimum Gasteiger partial charge on any atom is -0.397 e. The van der Waals surface area contributed by atoms with Crippen molar-refractivity contribution < 1.29 is 0 Å². The molecular weight excluding hydrogens is 238 g/mol. The Labute approximate surface area is 112 Å². The van der Waals surface area contributed by atoms with Crippen molar-refractivity contribution in [3.8, 4) is 6.07 Å². The maximum Gasteiger partial charge on any atom is 0.0992 e. The van der Waals surface area contributed by atoms with Gasteiger partial charge in [-0.25, -0.2) is 4.98 Å². The Bertz CT molecular complexity index is 554. The van der Waals surface area contributed by atoms with E-state index in [2.05, 4.69) is 20.9 Å². The van der Waals surface area contributed by atoms with Crippen LogP contribution in [-0.2, 0) is 6.54 Å². The summed E-state index contributed by atoms with van der Waals surface area (Å²) in [7, 11) is 0. The van der Waals surface area contributed by atoms with Gasteiger partial charge >= 0.3 is 0 Å². The summed E-state index contributed by atoms with van der Waals surface area (Å²) in [6.45, 7) is 1.84. The molecule has 0 spiro atoms. The van der Waals surface area contributed by atoms with E-state index < -0.39 is 0 Å². The van der Waals surface area contributed by atoms with Gasteiger partial charge in [-0.2, -0.15) is 5.26 Å². The van der Waals surface area contributed by atoms with Crippen LogP contribution >= 0.6 is 0 Å². The van der Waals surface area contributed by atoms with Gasteiger partial charge in [-0.05, 0) is 31.0 Å². The average Bonchev–Trinajstić information content (AvgIpc) is 2.93. The Morgan fingerprint density at radius 2 is 2.26 bits per heavy atom. The molecule has 0 radical (unpaired) electrons. The smallest absolute Gasteiger partial charge is 0.0992 e. The molecule has 3 N–H and O–H groups in total. The molecule has 0 unspecified atom stereocenters. The number of aryl methyl sites for hydroxylation is 1. The number of rotatable bonds is 6. The van der Waals surface area contributed by atoms with E-state index in [0.29, 0.717) is 11.3 Å². The van der Waals surface area contributed by atoms with Gasteiger partial charge in [-0.3, -0.25) is 0 Å². The number of unbranched alkanes of at least 4 members (excludes halogenated alkanes) is 1. The number of nitriles is 1. The normalized spacial score (nSPS) is 10.1. The van der Waals surface area contributed by atoms with Crippen molar-refractivity contribution >= 4 is 11.4 Å². The highest BCUT2D eigenvalue weighted by molar-refractivity contribution is 5.68. The molecule has 0 amide bonds. The number of nitrogen functional groups attached to an aromatic ring is 1. The molecule has 1 heterocycles. The molecule has 2 rings (SSSR count). The second kappa shape index (κ2) is 6.45. The van der Waals surface area contributed by atoms with Crippen molar-refractivity contribution in [3.05, 3.63) is 42.5 Å². The van der Waals surface area contributed by atoms with Gasteiger partial charge in [0.15, 0.2) is 0 Å². The molecule has 98 valence electrons. The Morgan fingerprint density at radius 3 is 2.95 bits per heavy atom. The molecule has 0 saturated heterocycles. The van der Waals surface area contributed by atoms with E-state index in [1.54, 1.807) is 18.3 Å². The van der Waals surface area contributed by atoms with Gasteiger partial charge in [0, 0.05) is 25.5 Å². The third-order valence-electron chi connectivity index (χ3n) is 2.90. The molecule has 0 aliphatic heterocycles. The molecule has 0 saturated carbocycles. The SMILES string of the molecule is N#Cc1ccc(NCCCCn2ccnc2)c(N)c1. The first-order valence-electron chi connectivity index (χ1n) is 6.29. The van der Waals surface area contributed by atoms with Crippen molar-refractivity contribution in [1.82, 2.24) is 9.55 Å². The number of hydrogen-bond acceptors (Lipinski definition) is 4. The number of benzene rings is 1. The van der Waals surface area contributed by atoms with E-state index >= 15 is 0 Å². The quantitative estimate of drug-likeness (QED) is 0.612. The number of imidazole rings is 1. The fourth-order valence-corrected chi connectivity index (χ4v) is 1.85. The van der Waals surface area contributed by atoms with E-state index in [9.17, 15) is 0 Å². The van der Waals surface area contributed by atoms with E-state index in [1.165, 1.54) is 0 Å². The van der Waals surface area contributed by atoms with Crippen molar-refractivity contribution in [2.24, 2.45) is 0 Å². The number of aromatic nitrogens is 2. The molecule has 0 bridgehead atoms. The molecule has 2 aromatic rings. The first kappa shape index (κ1) is 13.0. The second-order valence-electron chi connectivity index (χ2n) is 4.35. The van der Waals surface area contributed by atoms with Gasteiger partial charge in [-0.1, -0.05) is 0 Å². The largest absolute Gasteiger partial charge is 0.397 e. The van der Waals surface area contributed by atoms with Gasteiger partial charge in [-0.15, -0.1) is 0 Å². The van der Waals surface area contributed by atoms with E-state index in [0.717, 1.165) is 31.6 Å². The molecular formula is C14H17N5. The monoisotopic (exact) mass is 255 g/mol. The summed E-state index contributed by atoms with van der Waals surface area (Å²) in [5.74, 6) is 0. The number of nitrogens with one attached hydrogen (secondary N) is 1. The fourth-order valence-electron chi connectivity index (χ4n) is 1.85. The van der Waals surface area contributed by atoms with Crippen LogP contribution in [0.15, 0.2) is 36.9 Å². The van der Waals surface area contributed by atoms with Gasteiger partial charge in [0.25, 0.3) is 0 Å². The van der Waals surface area contributed by atoms with Gasteiger partial charge in [0.05, 0.1) is 29.3 Å². The molecule has 1 aromatic carbocycles. The first-order chi connectivity index (χ1) is 9.29. The standard InChI is InChI=1S/C14H17N5/c15-10-12-3-4-14(13(16)9-12)18-5-1-2-7-19-8-6-17-11-19/h3-4,6,8-9,11,18H,1-2,5,7,16H2. The molecule has 19 heavy (non-hydrogen) atoms. The van der Waals surface area contributed by atoms with E-state index in [-0.39, 0.29) is 0 Å². The minimum atomic E-state index is 0.586. The Balaban J connectivity index is 1.72. The third kappa shape index (κ3) is 3.75. The lowest BCUT2D eigenvalue weighted by Crippen LogP contribution is -2.05. The molecule has 0 aliphatic rings. The van der Waals surface area contributed by atoms with E-state index in [4.69, 9.17) is 11.0 Å². The maximum absolute atomic E-state index is 8.76. The lowest BCUT2D eigenvalue weighted by Gasteiger charge is -2.09. The van der Waals surface area contributed by atoms with E-state index in [1.807, 2.05) is 18.6 Å². The zero-order chi connectivity index (χ0) is 13.5. The van der Waals surface area contributed by atoms with Crippen LogP contribution in [0.4, 0.5) is 11.4 Å². The highest BCUT2D eigenvalue weighted by Crippen LogP contribution is 2.19. The predicted molar refractivity (Wildman–Crippen MR) is 75.5 cm³/mol. The third-order valence-corrected chi connectivity index (χ3v) is 2.90. The Hall–Kier alpha value is -2.48. The molecule has 5 heteroatoms. The zero-order valence-corrected chi connectivity index (χ0v) is 10.7. The Kier molecular flexibility index (Phi) is 4.40. The number of nitrogens with zero attached hydrogens (tertiary/aromatic N) is 3. The molecule has 0 fully saturated rings. The lowest BCUT2D eigenvalue weighted by molar-refractivity contribution is 0.621. The summed E-state index contributed by atoms with van der Waals surface area (Å²) in [5.41, 5.74) is 7.96. The number of hydrogen-bond donors (Lipinski definition) is 2. The van der Waals surface area contributed by atoms with Crippen LogP contribution in [0.3, 0.4) is 0 Å². The molecule has 1 aromatic heterocycles. The highest BCUT2D eigenvalue weighted by Gasteiger charge is 1.99. The highest BCUT2D eigenvalue weighted by atomic mass is 15.0.